The molecule has 39 heavy (non-hydrogen) atoms. The van der Waals surface area contributed by atoms with Crippen LogP contribution in [-0.2, 0) is 22.4 Å². The molecule has 7 heteroatoms. The van der Waals surface area contributed by atoms with Gasteiger partial charge in [0.2, 0.25) is 5.91 Å². The van der Waals surface area contributed by atoms with E-state index in [0.29, 0.717) is 48.1 Å². The van der Waals surface area contributed by atoms with Crippen molar-refractivity contribution in [1.29, 1.82) is 0 Å². The Morgan fingerprint density at radius 3 is 2.56 bits per heavy atom. The first-order valence-electron chi connectivity index (χ1n) is 14.5. The SMILES string of the molecule is C[C@]12CCC3c4ccc(OC(=O)CCCc5ccc(N(CCCl)CCCl)cc5)cc4CCC3C1CCC(=O)N2. The Morgan fingerprint density at radius 1 is 1.05 bits per heavy atom. The van der Waals surface area contributed by atoms with Crippen molar-refractivity contribution in [3.63, 3.8) is 0 Å². The molecule has 2 aromatic rings. The van der Waals surface area contributed by atoms with Crippen LogP contribution in [0.2, 0.25) is 0 Å². The van der Waals surface area contributed by atoms with Crippen LogP contribution in [0.4, 0.5) is 5.69 Å². The van der Waals surface area contributed by atoms with Gasteiger partial charge in [0.15, 0.2) is 0 Å². The minimum Gasteiger partial charge on any atom is -0.427 e. The van der Waals surface area contributed by atoms with Crippen molar-refractivity contribution in [1.82, 2.24) is 5.32 Å². The Hall–Kier alpha value is -2.24. The lowest BCUT2D eigenvalue weighted by Crippen LogP contribution is -2.60. The van der Waals surface area contributed by atoms with Crippen LogP contribution < -0.4 is 15.0 Å². The van der Waals surface area contributed by atoms with Gasteiger partial charge < -0.3 is 15.0 Å². The van der Waals surface area contributed by atoms with E-state index in [4.69, 9.17) is 27.9 Å². The summed E-state index contributed by atoms with van der Waals surface area (Å²) >= 11 is 11.8. The maximum Gasteiger partial charge on any atom is 0.311 e. The van der Waals surface area contributed by atoms with Crippen LogP contribution in [0.3, 0.4) is 0 Å². The molecule has 1 saturated carbocycles. The average Bonchev–Trinajstić information content (AvgIpc) is 2.92. The number of piperidine rings is 1. The van der Waals surface area contributed by atoms with Crippen molar-refractivity contribution in [2.45, 2.75) is 76.2 Å². The van der Waals surface area contributed by atoms with Crippen LogP contribution in [0.15, 0.2) is 42.5 Å². The van der Waals surface area contributed by atoms with E-state index in [1.165, 1.54) is 16.7 Å². The average molecular weight is 572 g/mol. The Morgan fingerprint density at radius 2 is 1.82 bits per heavy atom. The molecule has 1 amide bonds. The second-order valence-electron chi connectivity index (χ2n) is 11.7. The number of nitrogens with one attached hydrogen (secondary N) is 1. The van der Waals surface area contributed by atoms with Gasteiger partial charge in [-0.1, -0.05) is 18.2 Å². The summed E-state index contributed by atoms with van der Waals surface area (Å²) in [6.45, 7) is 3.78. The minimum absolute atomic E-state index is 0.0552. The molecule has 5 rings (SSSR count). The van der Waals surface area contributed by atoms with Crippen LogP contribution >= 0.6 is 23.2 Å². The number of benzene rings is 2. The van der Waals surface area contributed by atoms with E-state index in [1.54, 1.807) is 0 Å². The van der Waals surface area contributed by atoms with E-state index in [2.05, 4.69) is 53.5 Å². The number of halogens is 2. The van der Waals surface area contributed by atoms with Gasteiger partial charge in [0, 0.05) is 48.9 Å². The maximum absolute atomic E-state index is 12.6. The highest BCUT2D eigenvalue weighted by atomic mass is 35.5. The lowest BCUT2D eigenvalue weighted by molar-refractivity contribution is -0.134. The van der Waals surface area contributed by atoms with Crippen molar-refractivity contribution < 1.29 is 14.3 Å². The van der Waals surface area contributed by atoms with E-state index >= 15 is 0 Å². The van der Waals surface area contributed by atoms with Gasteiger partial charge in [-0.2, -0.15) is 0 Å². The number of aryl methyl sites for hydroxylation is 2. The second-order valence-corrected chi connectivity index (χ2v) is 12.4. The number of nitrogens with zero attached hydrogens (tertiary/aromatic N) is 1. The predicted molar refractivity (Wildman–Crippen MR) is 158 cm³/mol. The quantitative estimate of drug-likeness (QED) is 0.198. The molecule has 4 atom stereocenters. The summed E-state index contributed by atoms with van der Waals surface area (Å²) in [7, 11) is 0. The molecule has 3 unspecified atom stereocenters. The van der Waals surface area contributed by atoms with Gasteiger partial charge in [-0.15, -0.1) is 23.2 Å². The summed E-state index contributed by atoms with van der Waals surface area (Å²) in [6, 6.07) is 14.7. The largest absolute Gasteiger partial charge is 0.427 e. The summed E-state index contributed by atoms with van der Waals surface area (Å²) in [4.78, 5) is 26.9. The number of esters is 1. The zero-order valence-corrected chi connectivity index (χ0v) is 24.4. The summed E-state index contributed by atoms with van der Waals surface area (Å²) in [5.74, 6) is 3.51. The van der Waals surface area contributed by atoms with E-state index < -0.39 is 0 Å². The molecule has 0 bridgehead atoms. The van der Waals surface area contributed by atoms with Crippen LogP contribution in [-0.4, -0.2) is 42.3 Å². The molecule has 0 aromatic heterocycles. The number of rotatable bonds is 10. The molecule has 2 aliphatic carbocycles. The molecule has 1 N–H and O–H groups in total. The zero-order valence-electron chi connectivity index (χ0n) is 22.9. The fourth-order valence-electron chi connectivity index (χ4n) is 7.36. The van der Waals surface area contributed by atoms with Crippen LogP contribution in [0.5, 0.6) is 5.75 Å². The van der Waals surface area contributed by atoms with Gasteiger partial charge in [-0.05, 0) is 111 Å². The van der Waals surface area contributed by atoms with Crippen molar-refractivity contribution in [3.05, 3.63) is 59.2 Å². The third-order valence-corrected chi connectivity index (χ3v) is 9.62. The Labute approximate surface area is 242 Å². The highest BCUT2D eigenvalue weighted by Gasteiger charge is 2.50. The van der Waals surface area contributed by atoms with E-state index in [9.17, 15) is 9.59 Å². The molecule has 0 spiro atoms. The second kappa shape index (κ2) is 12.5. The highest BCUT2D eigenvalue weighted by Crippen LogP contribution is 2.53. The molecule has 2 aromatic carbocycles. The lowest BCUT2D eigenvalue weighted by Gasteiger charge is -2.54. The normalized spacial score (nSPS) is 25.6. The van der Waals surface area contributed by atoms with Gasteiger partial charge in [0.25, 0.3) is 0 Å². The fraction of sp³-hybridized carbons (Fsp3) is 0.562. The molecule has 2 fully saturated rings. The van der Waals surface area contributed by atoms with Crippen molar-refractivity contribution in [3.8, 4) is 5.75 Å². The molecule has 1 aliphatic heterocycles. The maximum atomic E-state index is 12.6. The van der Waals surface area contributed by atoms with E-state index in [0.717, 1.165) is 63.7 Å². The predicted octanol–water partition coefficient (Wildman–Crippen LogP) is 6.62. The lowest BCUT2D eigenvalue weighted by atomic mass is 9.55. The molecule has 3 aliphatic rings. The first-order valence-corrected chi connectivity index (χ1v) is 15.6. The van der Waals surface area contributed by atoms with Gasteiger partial charge in [-0.3, -0.25) is 9.59 Å². The summed E-state index contributed by atoms with van der Waals surface area (Å²) < 4.78 is 5.75. The first-order chi connectivity index (χ1) is 18.9. The Balaban J connectivity index is 1.13. The number of ether oxygens (including phenoxy) is 1. The molecule has 0 radical (unpaired) electrons. The monoisotopic (exact) mass is 570 g/mol. The van der Waals surface area contributed by atoms with Crippen LogP contribution in [0.25, 0.3) is 0 Å². The smallest absolute Gasteiger partial charge is 0.311 e. The summed E-state index contributed by atoms with van der Waals surface area (Å²) in [6.07, 6.45) is 7.89. The molecule has 1 saturated heterocycles. The van der Waals surface area contributed by atoms with Crippen molar-refractivity contribution in [2.24, 2.45) is 11.8 Å². The third-order valence-electron chi connectivity index (χ3n) is 9.28. The number of anilines is 1. The Kier molecular flexibility index (Phi) is 9.08. The number of alkyl halides is 2. The summed E-state index contributed by atoms with van der Waals surface area (Å²) in [5, 5.41) is 3.32. The minimum atomic E-state index is -0.179. The standard InChI is InChI=1S/C32H40Cl2N2O3/c1-32-16-15-27-26-12-10-25(21-23(26)7-11-28(27)29(32)13-14-30(37)35-32)39-31(38)4-2-3-22-5-8-24(9-6-22)36(19-17-33)20-18-34/h5-6,8-10,12,21,27-29H,2-4,7,11,13-20H2,1H3,(H,35,37)/t27?,28?,29?,32-/m0/s1. The fourth-order valence-corrected chi connectivity index (χ4v) is 7.77. The Bertz CT molecular complexity index is 1160. The molecule has 210 valence electrons. The number of carbonyl (C=O) groups is 2. The van der Waals surface area contributed by atoms with Crippen LogP contribution in [0, 0.1) is 11.8 Å². The van der Waals surface area contributed by atoms with Gasteiger partial charge in [0.05, 0.1) is 0 Å². The van der Waals surface area contributed by atoms with Crippen LogP contribution in [0.1, 0.15) is 74.5 Å². The molecule has 5 nitrogen and oxygen atoms in total. The van der Waals surface area contributed by atoms with Gasteiger partial charge in [0.1, 0.15) is 5.75 Å². The van der Waals surface area contributed by atoms with Crippen molar-refractivity contribution >= 4 is 40.8 Å². The third kappa shape index (κ3) is 6.41. The van der Waals surface area contributed by atoms with E-state index in [-0.39, 0.29) is 17.4 Å². The number of amides is 1. The number of hydrogen-bond acceptors (Lipinski definition) is 4. The molecule has 1 heterocycles. The number of fused-ring (bicyclic) bond motifs is 5. The van der Waals surface area contributed by atoms with Gasteiger partial charge >= 0.3 is 5.97 Å². The highest BCUT2D eigenvalue weighted by molar-refractivity contribution is 6.18. The van der Waals surface area contributed by atoms with Crippen molar-refractivity contribution in [2.75, 3.05) is 29.7 Å². The first kappa shape index (κ1) is 28.3. The molecular formula is C32H40Cl2N2O3. The number of hydrogen-bond donors (Lipinski definition) is 1. The zero-order chi connectivity index (χ0) is 27.4. The van der Waals surface area contributed by atoms with Gasteiger partial charge in [-0.25, -0.2) is 0 Å². The van der Waals surface area contributed by atoms with E-state index in [1.807, 2.05) is 6.07 Å². The summed E-state index contributed by atoms with van der Waals surface area (Å²) in [5.41, 5.74) is 5.01. The number of carbonyl (C=O) groups excluding carboxylic acids is 2. The molecular weight excluding hydrogens is 531 g/mol. The topological polar surface area (TPSA) is 58.6 Å².